The fraction of sp³-hybridized carbons (Fsp3) is 0.889. The van der Waals surface area contributed by atoms with Gasteiger partial charge in [0, 0.05) is 0 Å². The van der Waals surface area contributed by atoms with Crippen LogP contribution in [0.15, 0.2) is 0 Å². The van der Waals surface area contributed by atoms with Gasteiger partial charge in [0.25, 0.3) is 0 Å². The largest absolute Gasteiger partial charge is 3.00 e. The molecule has 0 aliphatic carbocycles. The third-order valence-electron chi connectivity index (χ3n) is 3.21. The Labute approximate surface area is 177 Å². The predicted molar refractivity (Wildman–Crippen MR) is 108 cm³/mol. The smallest absolute Gasteiger partial charge is 0.850 e. The zero-order valence-electron chi connectivity index (χ0n) is 15.8. The van der Waals surface area contributed by atoms with Crippen molar-refractivity contribution in [1.82, 2.24) is 0 Å². The Morgan fingerprint density at radius 2 is 0.917 bits per heavy atom. The predicted octanol–water partition coefficient (Wildman–Crippen LogP) is 5.62. The van der Waals surface area contributed by atoms with Crippen molar-refractivity contribution in [2.45, 2.75) is 104 Å². The molecule has 0 amide bonds. The van der Waals surface area contributed by atoms with Crippen LogP contribution < -0.4 is 9.79 Å². The minimum absolute atomic E-state index is 0. The van der Waals surface area contributed by atoms with Crippen molar-refractivity contribution in [3.05, 3.63) is 13.8 Å². The first-order chi connectivity index (χ1) is 10.8. The first-order valence-corrected chi connectivity index (χ1v) is 12.8. The van der Waals surface area contributed by atoms with E-state index < -0.39 is 5.69 Å². The van der Waals surface area contributed by atoms with E-state index >= 15 is 0 Å². The van der Waals surface area contributed by atoms with Crippen LogP contribution in [0, 0.1) is 13.8 Å². The molecule has 1 radical (unpaired) electrons. The maximum atomic E-state index is 9.29. The second-order valence-corrected chi connectivity index (χ2v) is 10.2. The van der Waals surface area contributed by atoms with Crippen molar-refractivity contribution in [1.29, 1.82) is 0 Å². The molecule has 0 aromatic carbocycles. The first kappa shape index (κ1) is 33.2. The standard InChI is InChI=1S/2C9H19.Mo.H3O2PS2/c2*1-3-5-7-9-8-6-4-2;;1-3(2,4)5/h2*1,3-9H2,2H3;;(H3,1,2,4,5)/q2*-1;+3;/p-3. The summed E-state index contributed by atoms with van der Waals surface area (Å²) >= 11 is 7.28. The van der Waals surface area contributed by atoms with Crippen LogP contribution in [-0.2, 0) is 45.1 Å². The maximum Gasteiger partial charge on any atom is 3.00 e. The van der Waals surface area contributed by atoms with Crippen LogP contribution in [-0.4, -0.2) is 0 Å². The van der Waals surface area contributed by atoms with Crippen LogP contribution in [0.4, 0.5) is 0 Å². The average Bonchev–Trinajstić information content (AvgIpc) is 2.46. The molecule has 0 unspecified atom stereocenters. The molecule has 0 N–H and O–H groups in total. The zero-order valence-corrected chi connectivity index (χ0v) is 20.3. The average molecular weight is 478 g/mol. The van der Waals surface area contributed by atoms with E-state index in [9.17, 15) is 9.79 Å². The van der Waals surface area contributed by atoms with Crippen LogP contribution in [0.3, 0.4) is 0 Å². The SMILES string of the molecule is [CH2-]CCCCCCCC.[CH2-]CCCCCCCC.[Mo+3].[O-]P([O-])(=S)[S-]. The Morgan fingerprint density at radius 1 is 0.708 bits per heavy atom. The number of unbranched alkanes of at least 4 members (excludes halogenated alkanes) is 12. The summed E-state index contributed by atoms with van der Waals surface area (Å²) in [5.41, 5.74) is -3.72. The molecule has 147 valence electrons. The van der Waals surface area contributed by atoms with Gasteiger partial charge in [-0.25, -0.2) is 0 Å². The van der Waals surface area contributed by atoms with Gasteiger partial charge in [-0.2, -0.15) is 24.6 Å². The van der Waals surface area contributed by atoms with Gasteiger partial charge in [0.1, 0.15) is 0 Å². The van der Waals surface area contributed by atoms with Gasteiger partial charge < -0.3 is 41.6 Å². The normalized spacial score (nSPS) is 9.96. The third-order valence-corrected chi connectivity index (χ3v) is 3.21. The molecule has 0 rings (SSSR count). The van der Waals surface area contributed by atoms with Crippen LogP contribution in [0.2, 0.25) is 0 Å². The van der Waals surface area contributed by atoms with Gasteiger partial charge in [-0.3, -0.25) is 0 Å². The molecule has 2 nitrogen and oxygen atoms in total. The van der Waals surface area contributed by atoms with E-state index in [1.165, 1.54) is 77.0 Å². The number of hydrogen-bond donors (Lipinski definition) is 0. The molecule has 0 bridgehead atoms. The molecular formula is C18H38MoO2PS2-2. The molecule has 0 atom stereocenters. The number of rotatable bonds is 12. The summed E-state index contributed by atoms with van der Waals surface area (Å²) in [5, 5.41) is 0. The zero-order chi connectivity index (χ0) is 18.4. The molecule has 0 spiro atoms. The molecule has 0 saturated carbocycles. The molecule has 24 heavy (non-hydrogen) atoms. The van der Waals surface area contributed by atoms with E-state index in [1.807, 2.05) is 0 Å². The maximum absolute atomic E-state index is 9.29. The van der Waals surface area contributed by atoms with Gasteiger partial charge >= 0.3 is 21.1 Å². The first-order valence-electron chi connectivity index (χ1n) is 9.14. The van der Waals surface area contributed by atoms with E-state index in [0.29, 0.717) is 0 Å². The van der Waals surface area contributed by atoms with E-state index in [1.54, 1.807) is 0 Å². The van der Waals surface area contributed by atoms with Crippen molar-refractivity contribution < 1.29 is 30.9 Å². The summed E-state index contributed by atoms with van der Waals surface area (Å²) in [7, 11) is 0. The van der Waals surface area contributed by atoms with Crippen LogP contribution in [0.5, 0.6) is 0 Å². The summed E-state index contributed by atoms with van der Waals surface area (Å²) in [5.74, 6) is 0. The van der Waals surface area contributed by atoms with Gasteiger partial charge in [0.15, 0.2) is 0 Å². The fourth-order valence-electron chi connectivity index (χ4n) is 1.91. The fourth-order valence-corrected chi connectivity index (χ4v) is 1.91. The Balaban J connectivity index is -0.000000128. The van der Waals surface area contributed by atoms with Crippen molar-refractivity contribution >= 4 is 29.7 Å². The molecule has 0 aromatic heterocycles. The van der Waals surface area contributed by atoms with Crippen LogP contribution in [0.1, 0.15) is 104 Å². The molecular weight excluding hydrogens is 439 g/mol. The van der Waals surface area contributed by atoms with Crippen molar-refractivity contribution in [3.8, 4) is 0 Å². The van der Waals surface area contributed by atoms with Crippen molar-refractivity contribution in [2.24, 2.45) is 0 Å². The summed E-state index contributed by atoms with van der Waals surface area (Å²) in [6, 6.07) is 0. The second kappa shape index (κ2) is 29.4. The van der Waals surface area contributed by atoms with Gasteiger partial charge in [-0.15, -0.1) is 0 Å². The molecule has 0 aliphatic rings. The van der Waals surface area contributed by atoms with Crippen molar-refractivity contribution in [3.63, 3.8) is 0 Å². The molecule has 0 fully saturated rings. The van der Waals surface area contributed by atoms with E-state index in [0.717, 1.165) is 12.8 Å². The molecule has 0 aliphatic heterocycles. The topological polar surface area (TPSA) is 46.1 Å². The Bertz CT molecular complexity index is 205. The van der Waals surface area contributed by atoms with Crippen LogP contribution >= 0.6 is 5.69 Å². The quantitative estimate of drug-likeness (QED) is 0.120. The van der Waals surface area contributed by atoms with Gasteiger partial charge in [-0.05, 0) is 0 Å². The molecule has 0 saturated heterocycles. The Morgan fingerprint density at radius 3 is 1.12 bits per heavy atom. The molecule has 0 heterocycles. The minimum atomic E-state index is -3.72. The summed E-state index contributed by atoms with van der Waals surface area (Å²) in [4.78, 5) is 18.6. The van der Waals surface area contributed by atoms with E-state index in [2.05, 4.69) is 51.8 Å². The van der Waals surface area contributed by atoms with Gasteiger partial charge in [-0.1, -0.05) is 90.9 Å². The summed E-state index contributed by atoms with van der Waals surface area (Å²) < 4.78 is 0. The minimum Gasteiger partial charge on any atom is -0.850 e. The Hall–Kier alpha value is 1.61. The second-order valence-electron chi connectivity index (χ2n) is 5.69. The summed E-state index contributed by atoms with van der Waals surface area (Å²) in [6.07, 6.45) is 18.9. The Kier molecular flexibility index (Phi) is 40.7. The van der Waals surface area contributed by atoms with Crippen LogP contribution in [0.25, 0.3) is 0 Å². The van der Waals surface area contributed by atoms with E-state index in [4.69, 9.17) is 0 Å². The van der Waals surface area contributed by atoms with Gasteiger partial charge in [0.05, 0.1) is 0 Å². The molecule has 6 heteroatoms. The number of hydrogen-bond acceptors (Lipinski definition) is 4. The van der Waals surface area contributed by atoms with Crippen molar-refractivity contribution in [2.75, 3.05) is 0 Å². The third kappa shape index (κ3) is 65.2. The molecule has 0 aromatic rings. The van der Waals surface area contributed by atoms with E-state index in [-0.39, 0.29) is 21.1 Å². The van der Waals surface area contributed by atoms with Gasteiger partial charge in [0.2, 0.25) is 0 Å². The summed E-state index contributed by atoms with van der Waals surface area (Å²) in [6.45, 7) is 12.1. The monoisotopic (exact) mass is 479 g/mol.